The third kappa shape index (κ3) is 4.15. The van der Waals surface area contributed by atoms with Gasteiger partial charge in [0.2, 0.25) is 0 Å². The normalized spacial score (nSPS) is 10.6. The van der Waals surface area contributed by atoms with Crippen LogP contribution >= 0.6 is 22.9 Å². The van der Waals surface area contributed by atoms with Crippen molar-refractivity contribution in [3.8, 4) is 5.75 Å². The highest BCUT2D eigenvalue weighted by Gasteiger charge is 2.11. The van der Waals surface area contributed by atoms with Gasteiger partial charge in [0.25, 0.3) is 5.91 Å². The third-order valence-corrected chi connectivity index (χ3v) is 4.51. The van der Waals surface area contributed by atoms with Gasteiger partial charge in [-0.3, -0.25) is 9.48 Å². The Labute approximate surface area is 148 Å². The predicted molar refractivity (Wildman–Crippen MR) is 96.0 cm³/mol. The largest absolute Gasteiger partial charge is 0.489 e. The van der Waals surface area contributed by atoms with E-state index in [9.17, 15) is 4.79 Å². The average Bonchev–Trinajstić information content (AvgIpc) is 3.22. The first-order valence-electron chi connectivity index (χ1n) is 7.43. The van der Waals surface area contributed by atoms with Gasteiger partial charge in [0, 0.05) is 23.3 Å². The number of ether oxygens (including phenoxy) is 1. The number of hydrogen-bond acceptors (Lipinski definition) is 4. The molecule has 0 fully saturated rings. The molecule has 0 atom stereocenters. The molecule has 3 aromatic rings. The Morgan fingerprint density at radius 3 is 3.04 bits per heavy atom. The molecule has 0 saturated heterocycles. The Balaban J connectivity index is 1.59. The number of rotatable bonds is 6. The van der Waals surface area contributed by atoms with Gasteiger partial charge in [0.15, 0.2) is 0 Å². The number of aryl methyl sites for hydroxylation is 1. The fraction of sp³-hybridized carbons (Fsp3) is 0.176. The lowest BCUT2D eigenvalue weighted by molar-refractivity contribution is 0.103. The van der Waals surface area contributed by atoms with E-state index in [4.69, 9.17) is 16.3 Å². The maximum absolute atomic E-state index is 12.2. The molecule has 5 nitrogen and oxygen atoms in total. The summed E-state index contributed by atoms with van der Waals surface area (Å²) in [6.45, 7) is 3.14. The SMILES string of the molecule is CCn1cc(NC(=O)c2cc(COc3cccc(Cl)c3)cs2)cn1. The summed E-state index contributed by atoms with van der Waals surface area (Å²) in [5, 5.41) is 9.51. The predicted octanol–water partition coefficient (Wildman–Crippen LogP) is 4.45. The second kappa shape index (κ2) is 7.51. The molecule has 0 aliphatic carbocycles. The number of thiophene rings is 1. The van der Waals surface area contributed by atoms with E-state index in [2.05, 4.69) is 10.4 Å². The van der Waals surface area contributed by atoms with Gasteiger partial charge in [-0.25, -0.2) is 0 Å². The lowest BCUT2D eigenvalue weighted by atomic mass is 10.3. The molecule has 0 aliphatic rings. The van der Waals surface area contributed by atoms with E-state index >= 15 is 0 Å². The zero-order valence-electron chi connectivity index (χ0n) is 13.0. The van der Waals surface area contributed by atoms with Crippen LogP contribution in [-0.4, -0.2) is 15.7 Å². The smallest absolute Gasteiger partial charge is 0.265 e. The molecular weight excluding hydrogens is 346 g/mol. The number of nitrogens with zero attached hydrogens (tertiary/aromatic N) is 2. The Kier molecular flexibility index (Phi) is 5.17. The quantitative estimate of drug-likeness (QED) is 0.705. The fourth-order valence-electron chi connectivity index (χ4n) is 2.09. The van der Waals surface area contributed by atoms with Gasteiger partial charge in [-0.1, -0.05) is 17.7 Å². The van der Waals surface area contributed by atoms with Gasteiger partial charge in [-0.2, -0.15) is 5.10 Å². The van der Waals surface area contributed by atoms with Gasteiger partial charge in [-0.15, -0.1) is 11.3 Å². The van der Waals surface area contributed by atoms with Crippen molar-refractivity contribution in [3.05, 3.63) is 63.6 Å². The Morgan fingerprint density at radius 2 is 2.29 bits per heavy atom. The third-order valence-electron chi connectivity index (χ3n) is 3.29. The van der Waals surface area contributed by atoms with Crippen molar-refractivity contribution in [2.75, 3.05) is 5.32 Å². The van der Waals surface area contributed by atoms with E-state index in [1.165, 1.54) is 11.3 Å². The molecule has 124 valence electrons. The Bertz CT molecular complexity index is 844. The van der Waals surface area contributed by atoms with Crippen molar-refractivity contribution in [3.63, 3.8) is 0 Å². The highest BCUT2D eigenvalue weighted by molar-refractivity contribution is 7.12. The second-order valence-electron chi connectivity index (χ2n) is 5.10. The van der Waals surface area contributed by atoms with Crippen molar-refractivity contribution in [1.82, 2.24) is 9.78 Å². The van der Waals surface area contributed by atoms with Crippen LogP contribution in [0.5, 0.6) is 5.75 Å². The molecule has 24 heavy (non-hydrogen) atoms. The van der Waals surface area contributed by atoms with Crippen LogP contribution in [0.15, 0.2) is 48.1 Å². The molecule has 7 heteroatoms. The fourth-order valence-corrected chi connectivity index (χ4v) is 3.06. The van der Waals surface area contributed by atoms with Crippen molar-refractivity contribution in [2.45, 2.75) is 20.1 Å². The minimum Gasteiger partial charge on any atom is -0.489 e. The summed E-state index contributed by atoms with van der Waals surface area (Å²) >= 11 is 7.31. The molecule has 0 aliphatic heterocycles. The maximum Gasteiger partial charge on any atom is 0.265 e. The summed E-state index contributed by atoms with van der Waals surface area (Å²) in [7, 11) is 0. The minimum absolute atomic E-state index is 0.148. The molecule has 0 saturated carbocycles. The van der Waals surface area contributed by atoms with Crippen LogP contribution in [0.4, 0.5) is 5.69 Å². The summed E-state index contributed by atoms with van der Waals surface area (Å²) in [4.78, 5) is 12.9. The number of carbonyl (C=O) groups excluding carboxylic acids is 1. The van der Waals surface area contributed by atoms with Crippen LogP contribution in [0.25, 0.3) is 0 Å². The molecule has 3 rings (SSSR count). The molecule has 1 amide bonds. The van der Waals surface area contributed by atoms with E-state index in [-0.39, 0.29) is 5.91 Å². The van der Waals surface area contributed by atoms with E-state index < -0.39 is 0 Å². The summed E-state index contributed by atoms with van der Waals surface area (Å²) in [5.41, 5.74) is 1.63. The van der Waals surface area contributed by atoms with Gasteiger partial charge >= 0.3 is 0 Å². The molecule has 0 unspecified atom stereocenters. The van der Waals surface area contributed by atoms with Crippen LogP contribution in [0.2, 0.25) is 5.02 Å². The van der Waals surface area contributed by atoms with Crippen LogP contribution in [0.1, 0.15) is 22.2 Å². The summed E-state index contributed by atoms with van der Waals surface area (Å²) in [5.74, 6) is 0.552. The van der Waals surface area contributed by atoms with Gasteiger partial charge < -0.3 is 10.1 Å². The molecule has 0 bridgehead atoms. The molecule has 1 N–H and O–H groups in total. The standard InChI is InChI=1S/C17H16ClN3O2S/c1-2-21-9-14(8-19-21)20-17(22)16-6-12(11-24-16)10-23-15-5-3-4-13(18)7-15/h3-9,11H,2,10H2,1H3,(H,20,22). The van der Waals surface area contributed by atoms with Gasteiger partial charge in [-0.05, 0) is 36.6 Å². The van der Waals surface area contributed by atoms with Crippen LogP contribution in [0.3, 0.4) is 0 Å². The first kappa shape index (κ1) is 16.5. The number of carbonyl (C=O) groups is 1. The average molecular weight is 362 g/mol. The van der Waals surface area contributed by atoms with Crippen LogP contribution in [0, 0.1) is 0 Å². The van der Waals surface area contributed by atoms with Crippen molar-refractivity contribution < 1.29 is 9.53 Å². The molecule has 0 spiro atoms. The molecule has 1 aromatic carbocycles. The summed E-state index contributed by atoms with van der Waals surface area (Å²) in [6.07, 6.45) is 3.44. The first-order valence-corrected chi connectivity index (χ1v) is 8.69. The summed E-state index contributed by atoms with van der Waals surface area (Å²) < 4.78 is 7.44. The monoisotopic (exact) mass is 361 g/mol. The lowest BCUT2D eigenvalue weighted by Crippen LogP contribution is -2.09. The van der Waals surface area contributed by atoms with E-state index in [0.29, 0.717) is 27.9 Å². The molecule has 2 aromatic heterocycles. The topological polar surface area (TPSA) is 56.2 Å². The van der Waals surface area contributed by atoms with E-state index in [0.717, 1.165) is 12.1 Å². The highest BCUT2D eigenvalue weighted by atomic mass is 35.5. The minimum atomic E-state index is -0.148. The number of nitrogens with one attached hydrogen (secondary N) is 1. The highest BCUT2D eigenvalue weighted by Crippen LogP contribution is 2.21. The number of aromatic nitrogens is 2. The summed E-state index contributed by atoms with van der Waals surface area (Å²) in [6, 6.07) is 9.06. The Morgan fingerprint density at radius 1 is 1.42 bits per heavy atom. The maximum atomic E-state index is 12.2. The van der Waals surface area contributed by atoms with Crippen LogP contribution < -0.4 is 10.1 Å². The molecule has 0 radical (unpaired) electrons. The molecular formula is C17H16ClN3O2S. The number of benzene rings is 1. The van der Waals surface area contributed by atoms with Crippen molar-refractivity contribution in [2.24, 2.45) is 0 Å². The van der Waals surface area contributed by atoms with Gasteiger partial charge in [0.05, 0.1) is 16.8 Å². The first-order chi connectivity index (χ1) is 11.6. The lowest BCUT2D eigenvalue weighted by Gasteiger charge is -2.04. The zero-order valence-corrected chi connectivity index (χ0v) is 14.6. The Hall–Kier alpha value is -2.31. The number of anilines is 1. The van der Waals surface area contributed by atoms with E-state index in [1.54, 1.807) is 29.2 Å². The second-order valence-corrected chi connectivity index (χ2v) is 6.45. The zero-order chi connectivity index (χ0) is 16.9. The van der Waals surface area contributed by atoms with Crippen molar-refractivity contribution >= 4 is 34.5 Å². The number of amides is 1. The van der Waals surface area contributed by atoms with Crippen LogP contribution in [-0.2, 0) is 13.2 Å². The van der Waals surface area contributed by atoms with Gasteiger partial charge in [0.1, 0.15) is 12.4 Å². The number of hydrogen-bond donors (Lipinski definition) is 1. The molecule has 2 heterocycles. The van der Waals surface area contributed by atoms with E-state index in [1.807, 2.05) is 30.5 Å². The van der Waals surface area contributed by atoms with Crippen molar-refractivity contribution in [1.29, 1.82) is 0 Å². The number of halogens is 1.